The number of halogens is 1. The molecule has 9 nitrogen and oxygen atoms in total. The van der Waals surface area contributed by atoms with Crippen molar-refractivity contribution in [3.05, 3.63) is 65.1 Å². The Kier molecular flexibility index (Phi) is 6.96. The van der Waals surface area contributed by atoms with Crippen molar-refractivity contribution in [1.29, 1.82) is 5.26 Å². The molecule has 1 aromatic heterocycles. The number of nitrogens with zero attached hydrogens (tertiary/aromatic N) is 3. The number of hydrogen-bond acceptors (Lipinski definition) is 5. The first-order chi connectivity index (χ1) is 16.0. The first-order valence-corrected chi connectivity index (χ1v) is 10.5. The van der Waals surface area contributed by atoms with Crippen molar-refractivity contribution >= 4 is 28.6 Å². The number of hydrogen-bond donors (Lipinski definition) is 3. The van der Waals surface area contributed by atoms with Gasteiger partial charge in [0.25, 0.3) is 5.91 Å². The molecule has 0 radical (unpaired) electrons. The number of benzene rings is 2. The fourth-order valence-corrected chi connectivity index (χ4v) is 3.47. The summed E-state index contributed by atoms with van der Waals surface area (Å²) >= 11 is 0. The standard InChI is InChI=1S/C24H25FN6O3/c1-24(2,3)21(23(34)28-12-19(27)32)29-22(33)20-16-6-4-5-7-18(16)31(30-20)13-15-9-8-14(11-26)10-17(15)25/h4-10,21H,12-13H2,1-3H3,(H2,27,32)(H,28,34)(H,29,33). The van der Waals surface area contributed by atoms with Crippen molar-refractivity contribution in [2.24, 2.45) is 11.1 Å². The Morgan fingerprint density at radius 1 is 1.21 bits per heavy atom. The van der Waals surface area contributed by atoms with Crippen LogP contribution in [0.1, 0.15) is 42.4 Å². The zero-order valence-corrected chi connectivity index (χ0v) is 19.1. The molecule has 1 unspecified atom stereocenters. The monoisotopic (exact) mass is 464 g/mol. The minimum absolute atomic E-state index is 0.0349. The molecule has 0 aliphatic carbocycles. The second-order valence-corrected chi connectivity index (χ2v) is 8.90. The highest BCUT2D eigenvalue weighted by atomic mass is 19.1. The largest absolute Gasteiger partial charge is 0.368 e. The average Bonchev–Trinajstić information content (AvgIpc) is 3.15. The second kappa shape index (κ2) is 9.70. The number of rotatable bonds is 7. The molecule has 0 spiro atoms. The zero-order valence-electron chi connectivity index (χ0n) is 19.1. The summed E-state index contributed by atoms with van der Waals surface area (Å²) in [5.41, 5.74) is 5.60. The van der Waals surface area contributed by atoms with E-state index in [1.54, 1.807) is 45.0 Å². The number of carbonyl (C=O) groups excluding carboxylic acids is 3. The molecule has 0 saturated heterocycles. The number of fused-ring (bicyclic) bond motifs is 1. The number of primary amides is 1. The van der Waals surface area contributed by atoms with Crippen LogP contribution >= 0.6 is 0 Å². The van der Waals surface area contributed by atoms with Crippen LogP contribution < -0.4 is 16.4 Å². The van der Waals surface area contributed by atoms with Gasteiger partial charge in [0, 0.05) is 10.9 Å². The summed E-state index contributed by atoms with van der Waals surface area (Å²) in [6, 6.07) is 12.1. The van der Waals surface area contributed by atoms with E-state index in [1.807, 2.05) is 6.07 Å². The summed E-state index contributed by atoms with van der Waals surface area (Å²) in [6.45, 7) is 4.99. The molecule has 0 saturated carbocycles. The van der Waals surface area contributed by atoms with Crippen LogP contribution in [0.2, 0.25) is 0 Å². The van der Waals surface area contributed by atoms with E-state index in [1.165, 1.54) is 16.8 Å². The highest BCUT2D eigenvalue weighted by Crippen LogP contribution is 2.23. The molecule has 34 heavy (non-hydrogen) atoms. The van der Waals surface area contributed by atoms with Crippen LogP contribution in [0.3, 0.4) is 0 Å². The fourth-order valence-electron chi connectivity index (χ4n) is 3.47. The molecular formula is C24H25FN6O3. The minimum Gasteiger partial charge on any atom is -0.368 e. The van der Waals surface area contributed by atoms with Gasteiger partial charge in [0.1, 0.15) is 11.9 Å². The van der Waals surface area contributed by atoms with Gasteiger partial charge in [0.15, 0.2) is 5.69 Å². The number of para-hydroxylation sites is 1. The van der Waals surface area contributed by atoms with Gasteiger partial charge in [-0.15, -0.1) is 0 Å². The Morgan fingerprint density at radius 2 is 1.91 bits per heavy atom. The third-order valence-corrected chi connectivity index (χ3v) is 5.22. The molecule has 4 N–H and O–H groups in total. The highest BCUT2D eigenvalue weighted by molar-refractivity contribution is 6.06. The molecule has 10 heteroatoms. The van der Waals surface area contributed by atoms with Gasteiger partial charge in [-0.1, -0.05) is 45.0 Å². The SMILES string of the molecule is CC(C)(C)C(NC(=O)c1nn(Cc2ccc(C#N)cc2F)c2ccccc12)C(=O)NCC(N)=O. The molecule has 0 bridgehead atoms. The molecule has 1 atom stereocenters. The Bertz CT molecular complexity index is 1300. The van der Waals surface area contributed by atoms with E-state index in [0.29, 0.717) is 16.5 Å². The van der Waals surface area contributed by atoms with Crippen molar-refractivity contribution in [3.8, 4) is 6.07 Å². The molecule has 1 heterocycles. The van der Waals surface area contributed by atoms with Gasteiger partial charge in [-0.3, -0.25) is 19.1 Å². The van der Waals surface area contributed by atoms with E-state index in [4.69, 9.17) is 11.0 Å². The molecule has 0 aliphatic heterocycles. The van der Waals surface area contributed by atoms with Crippen molar-refractivity contribution < 1.29 is 18.8 Å². The van der Waals surface area contributed by atoms with Crippen molar-refractivity contribution in [2.75, 3.05) is 6.54 Å². The predicted octanol–water partition coefficient (Wildman–Crippen LogP) is 1.84. The normalized spacial score (nSPS) is 12.1. The number of carbonyl (C=O) groups is 3. The lowest BCUT2D eigenvalue weighted by molar-refractivity contribution is -0.128. The van der Waals surface area contributed by atoms with E-state index >= 15 is 0 Å². The smallest absolute Gasteiger partial charge is 0.273 e. The zero-order chi connectivity index (χ0) is 25.0. The maximum Gasteiger partial charge on any atom is 0.273 e. The van der Waals surface area contributed by atoms with Gasteiger partial charge in [0.05, 0.1) is 30.2 Å². The second-order valence-electron chi connectivity index (χ2n) is 8.90. The van der Waals surface area contributed by atoms with Crippen LogP contribution in [0.25, 0.3) is 10.9 Å². The number of aromatic nitrogens is 2. The average molecular weight is 465 g/mol. The third kappa shape index (κ3) is 5.38. The van der Waals surface area contributed by atoms with Gasteiger partial charge < -0.3 is 16.4 Å². The quantitative estimate of drug-likeness (QED) is 0.489. The lowest BCUT2D eigenvalue weighted by Crippen LogP contribution is -2.54. The van der Waals surface area contributed by atoms with Gasteiger partial charge in [-0.25, -0.2) is 4.39 Å². The predicted molar refractivity (Wildman–Crippen MR) is 123 cm³/mol. The van der Waals surface area contributed by atoms with Crippen LogP contribution in [0, 0.1) is 22.6 Å². The van der Waals surface area contributed by atoms with Crippen molar-refractivity contribution in [1.82, 2.24) is 20.4 Å². The lowest BCUT2D eigenvalue weighted by Gasteiger charge is -2.30. The minimum atomic E-state index is -0.973. The van der Waals surface area contributed by atoms with Crippen molar-refractivity contribution in [3.63, 3.8) is 0 Å². The first-order valence-electron chi connectivity index (χ1n) is 10.5. The van der Waals surface area contributed by atoms with Crippen LogP contribution in [0.15, 0.2) is 42.5 Å². The third-order valence-electron chi connectivity index (χ3n) is 5.22. The van der Waals surface area contributed by atoms with Gasteiger partial charge in [0.2, 0.25) is 11.8 Å². The topological polar surface area (TPSA) is 143 Å². The molecule has 0 fully saturated rings. The van der Waals surface area contributed by atoms with Gasteiger partial charge >= 0.3 is 0 Å². The molecule has 3 amide bonds. The lowest BCUT2D eigenvalue weighted by atomic mass is 9.86. The number of nitrogens with two attached hydrogens (primary N) is 1. The maximum atomic E-state index is 14.5. The maximum absolute atomic E-state index is 14.5. The van der Waals surface area contributed by atoms with Gasteiger partial charge in [-0.05, 0) is 23.6 Å². The molecule has 0 aliphatic rings. The van der Waals surface area contributed by atoms with Crippen LogP contribution in [0.5, 0.6) is 0 Å². The van der Waals surface area contributed by atoms with E-state index in [2.05, 4.69) is 15.7 Å². The molecule has 176 valence electrons. The Hall–Kier alpha value is -4.26. The summed E-state index contributed by atoms with van der Waals surface area (Å²) < 4.78 is 16.0. The molecule has 2 aromatic carbocycles. The summed E-state index contributed by atoms with van der Waals surface area (Å²) in [5.74, 6) is -2.40. The number of nitriles is 1. The Morgan fingerprint density at radius 3 is 2.53 bits per heavy atom. The number of amides is 3. The summed E-state index contributed by atoms with van der Waals surface area (Å²) in [6.07, 6.45) is 0. The summed E-state index contributed by atoms with van der Waals surface area (Å²) in [4.78, 5) is 36.9. The van der Waals surface area contributed by atoms with E-state index < -0.39 is 35.0 Å². The summed E-state index contributed by atoms with van der Waals surface area (Å²) in [5, 5.41) is 19.0. The highest BCUT2D eigenvalue weighted by Gasteiger charge is 2.34. The number of nitrogens with one attached hydrogen (secondary N) is 2. The van der Waals surface area contributed by atoms with Crippen LogP contribution in [0.4, 0.5) is 4.39 Å². The Labute approximate surface area is 195 Å². The van der Waals surface area contributed by atoms with Gasteiger partial charge in [-0.2, -0.15) is 10.4 Å². The van der Waals surface area contributed by atoms with Crippen LogP contribution in [-0.2, 0) is 16.1 Å². The van der Waals surface area contributed by atoms with E-state index in [-0.39, 0.29) is 24.3 Å². The Balaban J connectivity index is 1.93. The first kappa shape index (κ1) is 24.4. The van der Waals surface area contributed by atoms with Crippen LogP contribution in [-0.4, -0.2) is 40.1 Å². The van der Waals surface area contributed by atoms with E-state index in [0.717, 1.165) is 6.07 Å². The van der Waals surface area contributed by atoms with E-state index in [9.17, 15) is 18.8 Å². The van der Waals surface area contributed by atoms with Crippen molar-refractivity contribution in [2.45, 2.75) is 33.4 Å². The fraction of sp³-hybridized carbons (Fsp3) is 0.292. The summed E-state index contributed by atoms with van der Waals surface area (Å²) in [7, 11) is 0. The molecule has 3 rings (SSSR count). The molecule has 3 aromatic rings. The molecular weight excluding hydrogens is 439 g/mol.